The molecule has 14 nitrogen and oxygen atoms in total. The van der Waals surface area contributed by atoms with Crippen LogP contribution in [-0.4, -0.2) is 125 Å². The molecule has 2 aliphatic heterocycles. The normalized spacial score (nSPS) is 48.6. The molecular weight excluding hydrogens is 442 g/mol. The summed E-state index contributed by atoms with van der Waals surface area (Å²) in [4.78, 5) is 0. The van der Waals surface area contributed by atoms with Gasteiger partial charge in [0, 0.05) is 12.6 Å². The Balaban J connectivity index is 0.00000187. The molecule has 33 heavy (non-hydrogen) atoms. The summed E-state index contributed by atoms with van der Waals surface area (Å²) in [6.45, 7) is -0.440. The highest BCUT2D eigenvalue weighted by molar-refractivity contribution is 4.96. The molecule has 0 radical (unpaired) electrons. The van der Waals surface area contributed by atoms with Gasteiger partial charge in [0.2, 0.25) is 0 Å². The van der Waals surface area contributed by atoms with Crippen molar-refractivity contribution >= 4 is 0 Å². The van der Waals surface area contributed by atoms with Gasteiger partial charge in [0.05, 0.1) is 37.0 Å². The summed E-state index contributed by atoms with van der Waals surface area (Å²) in [6.07, 6.45) is -9.26. The summed E-state index contributed by atoms with van der Waals surface area (Å²) in [5.41, 5.74) is 28.1. The van der Waals surface area contributed by atoms with Crippen LogP contribution in [0, 0.1) is 0 Å². The monoisotopic (exact) mass is 483 g/mol. The number of rotatable bonds is 6. The molecule has 3 fully saturated rings. The summed E-state index contributed by atoms with van der Waals surface area (Å²) >= 11 is 0. The summed E-state index contributed by atoms with van der Waals surface area (Å²) in [6, 6.07) is -2.33. The van der Waals surface area contributed by atoms with Gasteiger partial charge in [-0.25, -0.2) is 0 Å². The summed E-state index contributed by atoms with van der Waals surface area (Å²) < 4.78 is 22.7. The first-order valence-corrected chi connectivity index (χ1v) is 11.2. The van der Waals surface area contributed by atoms with Crippen molar-refractivity contribution in [1.82, 2.24) is 0 Å². The van der Waals surface area contributed by atoms with Crippen LogP contribution in [0.1, 0.15) is 19.3 Å². The SMILES string of the molecule is CN.NCC1OC(OC2CCC(N)C(OC3OC(CO)C(O)C(N)C3O)C2O)C(N)CC1O. The second-order valence-electron chi connectivity index (χ2n) is 8.54. The molecule has 0 aromatic carbocycles. The first-order valence-electron chi connectivity index (χ1n) is 11.2. The molecule has 13 unspecified atom stereocenters. The fraction of sp³-hybridized carbons (Fsp3) is 1.00. The number of nitrogens with two attached hydrogens (primary N) is 5. The van der Waals surface area contributed by atoms with Crippen molar-refractivity contribution in [2.45, 2.75) is 98.8 Å². The third-order valence-corrected chi connectivity index (χ3v) is 6.30. The van der Waals surface area contributed by atoms with Crippen molar-refractivity contribution in [2.75, 3.05) is 20.2 Å². The van der Waals surface area contributed by atoms with Gasteiger partial charge in [0.15, 0.2) is 12.6 Å². The van der Waals surface area contributed by atoms with Crippen LogP contribution in [0.25, 0.3) is 0 Å². The predicted octanol–water partition coefficient (Wildman–Crippen LogP) is -5.66. The average Bonchev–Trinajstić information content (AvgIpc) is 2.81. The molecule has 2 heterocycles. The molecule has 15 N–H and O–H groups in total. The molecule has 0 spiro atoms. The molecule has 0 aromatic heterocycles. The van der Waals surface area contributed by atoms with Gasteiger partial charge in [-0.2, -0.15) is 0 Å². The molecule has 196 valence electrons. The summed E-state index contributed by atoms with van der Waals surface area (Å²) in [5, 5.41) is 50.5. The molecule has 3 aliphatic rings. The van der Waals surface area contributed by atoms with E-state index in [2.05, 4.69) is 5.73 Å². The van der Waals surface area contributed by atoms with Gasteiger partial charge in [-0.05, 0) is 26.3 Å². The Morgan fingerprint density at radius 3 is 2.06 bits per heavy atom. The summed E-state index contributed by atoms with van der Waals surface area (Å²) in [5.74, 6) is 0. The molecule has 2 saturated heterocycles. The van der Waals surface area contributed by atoms with E-state index in [0.717, 1.165) is 0 Å². The van der Waals surface area contributed by atoms with E-state index in [1.807, 2.05) is 0 Å². The minimum Gasteiger partial charge on any atom is -0.394 e. The van der Waals surface area contributed by atoms with Crippen molar-refractivity contribution in [3.05, 3.63) is 0 Å². The zero-order valence-corrected chi connectivity index (χ0v) is 18.8. The number of ether oxygens (including phenoxy) is 4. The highest BCUT2D eigenvalue weighted by Crippen LogP contribution is 2.31. The second-order valence-corrected chi connectivity index (χ2v) is 8.54. The minimum atomic E-state index is -1.40. The largest absolute Gasteiger partial charge is 0.394 e. The Labute approximate surface area is 192 Å². The van der Waals surface area contributed by atoms with Crippen LogP contribution in [0.2, 0.25) is 0 Å². The smallest absolute Gasteiger partial charge is 0.186 e. The van der Waals surface area contributed by atoms with E-state index in [0.29, 0.717) is 12.8 Å². The molecule has 1 aliphatic carbocycles. The Morgan fingerprint density at radius 1 is 0.818 bits per heavy atom. The molecule has 13 atom stereocenters. The number of hydrogen-bond donors (Lipinski definition) is 10. The van der Waals surface area contributed by atoms with Crippen LogP contribution in [0.15, 0.2) is 0 Å². The van der Waals surface area contributed by atoms with E-state index in [9.17, 15) is 25.5 Å². The minimum absolute atomic E-state index is 0.0899. The second kappa shape index (κ2) is 12.9. The first kappa shape index (κ1) is 28.7. The lowest BCUT2D eigenvalue weighted by Crippen LogP contribution is -2.65. The number of aliphatic hydroxyl groups excluding tert-OH is 5. The maximum Gasteiger partial charge on any atom is 0.186 e. The number of aliphatic hydroxyl groups is 5. The van der Waals surface area contributed by atoms with Crippen LogP contribution < -0.4 is 28.7 Å². The van der Waals surface area contributed by atoms with Crippen LogP contribution in [0.4, 0.5) is 0 Å². The first-order chi connectivity index (χ1) is 15.7. The quantitative estimate of drug-likeness (QED) is 0.169. The van der Waals surface area contributed by atoms with Crippen molar-refractivity contribution in [3.63, 3.8) is 0 Å². The zero-order valence-electron chi connectivity index (χ0n) is 18.8. The third-order valence-electron chi connectivity index (χ3n) is 6.30. The van der Waals surface area contributed by atoms with E-state index in [4.69, 9.17) is 41.9 Å². The van der Waals surface area contributed by atoms with Crippen LogP contribution in [-0.2, 0) is 18.9 Å². The Morgan fingerprint density at radius 2 is 1.45 bits per heavy atom. The Hall–Kier alpha value is -0.560. The van der Waals surface area contributed by atoms with Gasteiger partial charge in [-0.15, -0.1) is 0 Å². The van der Waals surface area contributed by atoms with Gasteiger partial charge >= 0.3 is 0 Å². The average molecular weight is 484 g/mol. The Bertz CT molecular complexity index is 580. The van der Waals surface area contributed by atoms with Crippen LogP contribution >= 0.6 is 0 Å². The lowest BCUT2D eigenvalue weighted by molar-refractivity contribution is -0.313. The van der Waals surface area contributed by atoms with Gasteiger partial charge in [-0.1, -0.05) is 0 Å². The number of hydrogen-bond acceptors (Lipinski definition) is 14. The van der Waals surface area contributed by atoms with Crippen molar-refractivity contribution in [1.29, 1.82) is 0 Å². The van der Waals surface area contributed by atoms with Crippen LogP contribution in [0.3, 0.4) is 0 Å². The topological polar surface area (TPSA) is 268 Å². The molecule has 3 rings (SSSR count). The van der Waals surface area contributed by atoms with Crippen molar-refractivity contribution < 1.29 is 44.5 Å². The van der Waals surface area contributed by atoms with Gasteiger partial charge < -0.3 is 73.1 Å². The molecule has 0 bridgehead atoms. The van der Waals surface area contributed by atoms with E-state index in [-0.39, 0.29) is 13.0 Å². The molecular formula is C19H41N5O9. The fourth-order valence-corrected chi connectivity index (χ4v) is 4.29. The van der Waals surface area contributed by atoms with Crippen molar-refractivity contribution in [3.8, 4) is 0 Å². The molecule has 0 aromatic rings. The fourth-order valence-electron chi connectivity index (χ4n) is 4.29. The van der Waals surface area contributed by atoms with Crippen LogP contribution in [0.5, 0.6) is 0 Å². The molecule has 0 amide bonds. The highest BCUT2D eigenvalue weighted by Gasteiger charge is 2.48. The maximum absolute atomic E-state index is 10.9. The molecule has 1 saturated carbocycles. The van der Waals surface area contributed by atoms with Gasteiger partial charge in [-0.3, -0.25) is 0 Å². The Kier molecular flexibility index (Phi) is 11.2. The van der Waals surface area contributed by atoms with E-state index in [1.165, 1.54) is 7.05 Å². The zero-order chi connectivity index (χ0) is 24.9. The lowest BCUT2D eigenvalue weighted by Gasteiger charge is -2.46. The van der Waals surface area contributed by atoms with E-state index in [1.54, 1.807) is 0 Å². The van der Waals surface area contributed by atoms with E-state index < -0.39 is 86.1 Å². The highest BCUT2D eigenvalue weighted by atomic mass is 16.7. The van der Waals surface area contributed by atoms with E-state index >= 15 is 0 Å². The molecule has 14 heteroatoms. The van der Waals surface area contributed by atoms with Gasteiger partial charge in [0.1, 0.15) is 30.5 Å². The third kappa shape index (κ3) is 6.56. The lowest BCUT2D eigenvalue weighted by atomic mass is 9.87. The van der Waals surface area contributed by atoms with Crippen molar-refractivity contribution in [2.24, 2.45) is 28.7 Å². The predicted molar refractivity (Wildman–Crippen MR) is 115 cm³/mol. The van der Waals surface area contributed by atoms with Gasteiger partial charge in [0.25, 0.3) is 0 Å². The summed E-state index contributed by atoms with van der Waals surface area (Å²) in [7, 11) is 1.50. The maximum atomic E-state index is 10.9. The standard InChI is InChI=1S/C18H36N4O9.CH5N/c19-4-10-8(24)3-7(21)17(29-10)28-9-2-1-6(20)16(14(9)26)31-18-15(27)12(22)13(25)11(5-23)30-18;1-2/h6-18,23-27H,1-5,19-22H2;2H2,1H3.